The van der Waals surface area contributed by atoms with Crippen LogP contribution in [-0.4, -0.2) is 15.9 Å². The molecule has 0 atom stereocenters. The standard InChI is InChI=1S/C20H20N4O/c1-12-8-14(9-13-10-20(2,3)19(25)24-18(12)13)22-17-11-21-15-6-4-5-7-16(15)23-17/h4-9,11H,10H2,1-3H3,(H,22,23)(H,24,25). The zero-order valence-corrected chi connectivity index (χ0v) is 14.6. The van der Waals surface area contributed by atoms with E-state index in [1.54, 1.807) is 6.20 Å². The van der Waals surface area contributed by atoms with E-state index in [2.05, 4.69) is 26.7 Å². The topological polar surface area (TPSA) is 66.9 Å². The summed E-state index contributed by atoms with van der Waals surface area (Å²) in [4.78, 5) is 21.2. The second-order valence-electron chi connectivity index (χ2n) is 7.21. The molecule has 1 amide bonds. The van der Waals surface area contributed by atoms with Crippen molar-refractivity contribution in [1.82, 2.24) is 9.97 Å². The van der Waals surface area contributed by atoms with Crippen molar-refractivity contribution < 1.29 is 4.79 Å². The number of nitrogens with one attached hydrogen (secondary N) is 2. The van der Waals surface area contributed by atoms with Crippen LogP contribution in [0.5, 0.6) is 0 Å². The zero-order valence-electron chi connectivity index (χ0n) is 14.6. The van der Waals surface area contributed by atoms with E-state index in [0.29, 0.717) is 12.2 Å². The number of fused-ring (bicyclic) bond motifs is 2. The van der Waals surface area contributed by atoms with Crippen LogP contribution in [0.15, 0.2) is 42.6 Å². The lowest BCUT2D eigenvalue weighted by atomic mass is 9.80. The fourth-order valence-corrected chi connectivity index (χ4v) is 3.26. The van der Waals surface area contributed by atoms with Crippen LogP contribution in [-0.2, 0) is 11.2 Å². The maximum Gasteiger partial charge on any atom is 0.230 e. The average molecular weight is 332 g/mol. The van der Waals surface area contributed by atoms with Gasteiger partial charge in [-0.2, -0.15) is 0 Å². The molecule has 5 heteroatoms. The Kier molecular flexibility index (Phi) is 3.46. The lowest BCUT2D eigenvalue weighted by Gasteiger charge is -2.31. The van der Waals surface area contributed by atoms with E-state index in [9.17, 15) is 4.79 Å². The first-order valence-corrected chi connectivity index (χ1v) is 8.36. The fraction of sp³-hybridized carbons (Fsp3) is 0.250. The van der Waals surface area contributed by atoms with Crippen molar-refractivity contribution in [3.05, 3.63) is 53.7 Å². The molecule has 0 fully saturated rings. The van der Waals surface area contributed by atoms with Crippen molar-refractivity contribution in [2.45, 2.75) is 27.2 Å². The van der Waals surface area contributed by atoms with Crippen LogP contribution >= 0.6 is 0 Å². The molecule has 25 heavy (non-hydrogen) atoms. The lowest BCUT2D eigenvalue weighted by molar-refractivity contribution is -0.124. The molecular weight excluding hydrogens is 312 g/mol. The number of hydrogen-bond acceptors (Lipinski definition) is 4. The van der Waals surface area contributed by atoms with Crippen LogP contribution in [0.4, 0.5) is 17.2 Å². The van der Waals surface area contributed by atoms with Gasteiger partial charge in [0.25, 0.3) is 0 Å². The van der Waals surface area contributed by atoms with Gasteiger partial charge in [0.1, 0.15) is 5.82 Å². The number of aryl methyl sites for hydroxylation is 1. The number of para-hydroxylation sites is 2. The molecule has 0 unspecified atom stereocenters. The first-order valence-electron chi connectivity index (χ1n) is 8.36. The maximum atomic E-state index is 12.2. The van der Waals surface area contributed by atoms with Crippen LogP contribution in [0.2, 0.25) is 0 Å². The van der Waals surface area contributed by atoms with Gasteiger partial charge < -0.3 is 10.6 Å². The molecule has 3 aromatic rings. The minimum Gasteiger partial charge on any atom is -0.339 e. The number of amides is 1. The minimum atomic E-state index is -0.402. The highest BCUT2D eigenvalue weighted by Gasteiger charge is 2.34. The predicted octanol–water partition coefficient (Wildman–Crippen LogP) is 4.20. The number of hydrogen-bond donors (Lipinski definition) is 2. The SMILES string of the molecule is Cc1cc(Nc2cnc3ccccc3n2)cc2c1NC(=O)C(C)(C)C2. The van der Waals surface area contributed by atoms with Crippen molar-refractivity contribution in [3.63, 3.8) is 0 Å². The normalized spacial score (nSPS) is 15.6. The summed E-state index contributed by atoms with van der Waals surface area (Å²) in [5, 5.41) is 6.38. The summed E-state index contributed by atoms with van der Waals surface area (Å²) in [5.74, 6) is 0.779. The first kappa shape index (κ1) is 15.6. The Bertz CT molecular complexity index is 994. The average Bonchev–Trinajstić information content (AvgIpc) is 2.56. The van der Waals surface area contributed by atoms with Gasteiger partial charge in [0.05, 0.1) is 17.2 Å². The Morgan fingerprint density at radius 3 is 2.72 bits per heavy atom. The van der Waals surface area contributed by atoms with Gasteiger partial charge in [-0.05, 0) is 48.7 Å². The van der Waals surface area contributed by atoms with E-state index in [1.165, 1.54) is 0 Å². The highest BCUT2D eigenvalue weighted by Crippen LogP contribution is 2.37. The third-order valence-electron chi connectivity index (χ3n) is 4.62. The minimum absolute atomic E-state index is 0.0733. The van der Waals surface area contributed by atoms with Crippen LogP contribution in [0.3, 0.4) is 0 Å². The van der Waals surface area contributed by atoms with E-state index >= 15 is 0 Å². The molecular formula is C20H20N4O. The van der Waals surface area contributed by atoms with Crippen molar-refractivity contribution in [1.29, 1.82) is 0 Å². The second-order valence-corrected chi connectivity index (χ2v) is 7.21. The summed E-state index contributed by atoms with van der Waals surface area (Å²) in [6, 6.07) is 11.9. The molecule has 0 spiro atoms. The summed E-state index contributed by atoms with van der Waals surface area (Å²) < 4.78 is 0. The van der Waals surface area contributed by atoms with Gasteiger partial charge in [-0.15, -0.1) is 0 Å². The van der Waals surface area contributed by atoms with Crippen molar-refractivity contribution >= 4 is 34.1 Å². The summed E-state index contributed by atoms with van der Waals surface area (Å²) >= 11 is 0. The molecule has 4 rings (SSSR count). The van der Waals surface area contributed by atoms with Gasteiger partial charge in [0, 0.05) is 16.8 Å². The van der Waals surface area contributed by atoms with Crippen molar-refractivity contribution in [2.75, 3.05) is 10.6 Å². The number of carbonyl (C=O) groups excluding carboxylic acids is 1. The summed E-state index contributed by atoms with van der Waals surface area (Å²) in [5.41, 5.74) is 5.39. The molecule has 1 aliphatic heterocycles. The lowest BCUT2D eigenvalue weighted by Crippen LogP contribution is -2.37. The van der Waals surface area contributed by atoms with Gasteiger partial charge >= 0.3 is 0 Å². The fourth-order valence-electron chi connectivity index (χ4n) is 3.26. The Labute approximate surface area is 146 Å². The monoisotopic (exact) mass is 332 g/mol. The van der Waals surface area contributed by atoms with Gasteiger partial charge in [-0.3, -0.25) is 9.78 Å². The Morgan fingerprint density at radius 1 is 1.16 bits per heavy atom. The Hall–Kier alpha value is -2.95. The Balaban J connectivity index is 1.69. The second kappa shape index (κ2) is 5.55. The van der Waals surface area contributed by atoms with E-state index in [-0.39, 0.29) is 5.91 Å². The molecule has 5 nitrogen and oxygen atoms in total. The first-order chi connectivity index (χ1) is 11.9. The molecule has 1 aliphatic rings. The molecule has 0 radical (unpaired) electrons. The van der Waals surface area contributed by atoms with Gasteiger partial charge in [-0.25, -0.2) is 4.98 Å². The highest BCUT2D eigenvalue weighted by molar-refractivity contribution is 5.99. The van der Waals surface area contributed by atoms with Gasteiger partial charge in [0.15, 0.2) is 0 Å². The number of aromatic nitrogens is 2. The summed E-state index contributed by atoms with van der Waals surface area (Å²) in [6.07, 6.45) is 2.46. The quantitative estimate of drug-likeness (QED) is 0.738. The molecule has 2 aromatic carbocycles. The molecule has 126 valence electrons. The number of nitrogens with zero attached hydrogens (tertiary/aromatic N) is 2. The number of benzene rings is 2. The molecule has 2 N–H and O–H groups in total. The number of carbonyl (C=O) groups is 1. The summed E-state index contributed by atoms with van der Waals surface area (Å²) in [7, 11) is 0. The molecule has 0 aliphatic carbocycles. The largest absolute Gasteiger partial charge is 0.339 e. The van der Waals surface area contributed by atoms with E-state index in [1.807, 2.05) is 51.1 Å². The van der Waals surface area contributed by atoms with Gasteiger partial charge in [0.2, 0.25) is 5.91 Å². The maximum absolute atomic E-state index is 12.2. The number of rotatable bonds is 2. The molecule has 0 saturated heterocycles. The predicted molar refractivity (Wildman–Crippen MR) is 100 cm³/mol. The van der Waals surface area contributed by atoms with E-state index in [4.69, 9.17) is 0 Å². The van der Waals surface area contributed by atoms with E-state index < -0.39 is 5.41 Å². The van der Waals surface area contributed by atoms with E-state index in [0.717, 1.165) is 33.5 Å². The third kappa shape index (κ3) is 2.82. The molecule has 0 bridgehead atoms. The zero-order chi connectivity index (χ0) is 17.6. The summed E-state index contributed by atoms with van der Waals surface area (Å²) in [6.45, 7) is 5.94. The molecule has 1 aromatic heterocycles. The van der Waals surface area contributed by atoms with Crippen LogP contribution in [0, 0.1) is 12.3 Å². The smallest absolute Gasteiger partial charge is 0.230 e. The van der Waals surface area contributed by atoms with Crippen LogP contribution in [0.25, 0.3) is 11.0 Å². The van der Waals surface area contributed by atoms with Crippen LogP contribution in [0.1, 0.15) is 25.0 Å². The van der Waals surface area contributed by atoms with Crippen molar-refractivity contribution in [3.8, 4) is 0 Å². The van der Waals surface area contributed by atoms with Crippen molar-refractivity contribution in [2.24, 2.45) is 5.41 Å². The third-order valence-corrected chi connectivity index (χ3v) is 4.62. The van der Waals surface area contributed by atoms with Gasteiger partial charge in [-0.1, -0.05) is 26.0 Å². The highest BCUT2D eigenvalue weighted by atomic mass is 16.2. The van der Waals surface area contributed by atoms with Crippen LogP contribution < -0.4 is 10.6 Å². The number of anilines is 3. The Morgan fingerprint density at radius 2 is 1.92 bits per heavy atom. The molecule has 0 saturated carbocycles. The molecule has 2 heterocycles.